The monoisotopic (exact) mass is 373 g/mol. The van der Waals surface area contributed by atoms with Crippen LogP contribution in [0.5, 0.6) is 5.75 Å². The van der Waals surface area contributed by atoms with Crippen LogP contribution < -0.4 is 15.4 Å². The molecule has 0 fully saturated rings. The average molecular weight is 374 g/mol. The lowest BCUT2D eigenvalue weighted by molar-refractivity contribution is -0.131. The van der Waals surface area contributed by atoms with Crippen LogP contribution in [0.1, 0.15) is 23.0 Å². The molecule has 0 unspecified atom stereocenters. The van der Waals surface area contributed by atoms with E-state index in [0.717, 1.165) is 0 Å². The lowest BCUT2D eigenvalue weighted by Crippen LogP contribution is -2.31. The Labute approximate surface area is 147 Å². The van der Waals surface area contributed by atoms with Gasteiger partial charge in [0.15, 0.2) is 0 Å². The summed E-state index contributed by atoms with van der Waals surface area (Å²) < 4.78 is 29.8. The van der Waals surface area contributed by atoms with Crippen LogP contribution in [0.4, 0.5) is 8.78 Å². The topological polar surface area (TPSA) is 83.2 Å². The summed E-state index contributed by atoms with van der Waals surface area (Å²) in [5, 5.41) is 5.86. The van der Waals surface area contributed by atoms with Crippen molar-refractivity contribution in [3.63, 3.8) is 0 Å². The molecule has 0 aliphatic heterocycles. The molecule has 2 rings (SSSR count). The Morgan fingerprint density at radius 1 is 1.32 bits per heavy atom. The van der Waals surface area contributed by atoms with Crippen LogP contribution >= 0.6 is 11.6 Å². The Morgan fingerprint density at radius 2 is 2.04 bits per heavy atom. The molecule has 1 aromatic carbocycles. The largest absolute Gasteiger partial charge is 0.495 e. The molecule has 9 heteroatoms. The molecular formula is C16H18ClF2N3O3. The molecular weight excluding hydrogens is 356 g/mol. The minimum absolute atomic E-state index is 0.0343. The molecule has 6 nitrogen and oxygen atoms in total. The Balaban J connectivity index is 2.40. The number of ether oxygens (including phenoxy) is 1. The number of methoxy groups -OCH3 is 1. The predicted molar refractivity (Wildman–Crippen MR) is 90.6 cm³/mol. The van der Waals surface area contributed by atoms with Crippen molar-refractivity contribution in [3.05, 3.63) is 28.4 Å². The zero-order valence-electron chi connectivity index (χ0n) is 13.7. The van der Waals surface area contributed by atoms with Crippen molar-refractivity contribution in [2.45, 2.75) is 19.8 Å². The number of fused-ring (bicyclic) bond motifs is 1. The fraction of sp³-hybridized carbons (Fsp3) is 0.375. The third-order valence-electron chi connectivity index (χ3n) is 3.62. The van der Waals surface area contributed by atoms with Crippen LogP contribution in [0, 0.1) is 0 Å². The number of benzene rings is 1. The summed E-state index contributed by atoms with van der Waals surface area (Å²) in [7, 11) is 1.47. The maximum Gasteiger partial charge on any atom is 0.315 e. The smallest absolute Gasteiger partial charge is 0.315 e. The molecule has 2 aromatic rings. The number of amides is 2. The van der Waals surface area contributed by atoms with Crippen LogP contribution in [0.25, 0.3) is 10.9 Å². The predicted octanol–water partition coefficient (Wildman–Crippen LogP) is 2.50. The van der Waals surface area contributed by atoms with E-state index in [4.69, 9.17) is 16.3 Å². The molecule has 1 aromatic heterocycles. The van der Waals surface area contributed by atoms with Gasteiger partial charge in [0, 0.05) is 24.0 Å². The molecule has 2 amide bonds. The first-order chi connectivity index (χ1) is 11.9. The van der Waals surface area contributed by atoms with Gasteiger partial charge in [0.1, 0.15) is 11.4 Å². The highest BCUT2D eigenvalue weighted by atomic mass is 35.5. The van der Waals surface area contributed by atoms with Gasteiger partial charge in [-0.15, -0.1) is 0 Å². The first-order valence-corrected chi connectivity index (χ1v) is 7.99. The number of nitrogens with one attached hydrogen (secondary N) is 3. The van der Waals surface area contributed by atoms with Gasteiger partial charge in [0.25, 0.3) is 11.8 Å². The van der Waals surface area contributed by atoms with Gasteiger partial charge < -0.3 is 20.4 Å². The molecule has 0 bridgehead atoms. The number of alkyl halides is 2. The van der Waals surface area contributed by atoms with Gasteiger partial charge in [-0.2, -0.15) is 8.78 Å². The number of carbonyl (C=O) groups excluding carboxylic acids is 2. The van der Waals surface area contributed by atoms with Crippen molar-refractivity contribution in [1.82, 2.24) is 15.6 Å². The highest BCUT2D eigenvalue weighted by Gasteiger charge is 2.20. The number of rotatable bonds is 7. The second kappa shape index (κ2) is 8.15. The summed E-state index contributed by atoms with van der Waals surface area (Å²) in [5.41, 5.74) is 1.50. The van der Waals surface area contributed by atoms with Crippen molar-refractivity contribution >= 4 is 34.3 Å². The summed E-state index contributed by atoms with van der Waals surface area (Å²) in [6.07, 6.45) is -2.89. The van der Waals surface area contributed by atoms with Crippen molar-refractivity contribution in [2.75, 3.05) is 20.2 Å². The van der Waals surface area contributed by atoms with Gasteiger partial charge >= 0.3 is 6.43 Å². The first kappa shape index (κ1) is 19.0. The van der Waals surface area contributed by atoms with Gasteiger partial charge in [-0.3, -0.25) is 9.59 Å². The molecule has 0 spiro atoms. The summed E-state index contributed by atoms with van der Waals surface area (Å²) >= 11 is 6.10. The molecule has 0 aliphatic rings. The van der Waals surface area contributed by atoms with E-state index in [-0.39, 0.29) is 18.9 Å². The normalized spacial score (nSPS) is 11.0. The van der Waals surface area contributed by atoms with Crippen LogP contribution in [0.3, 0.4) is 0 Å². The van der Waals surface area contributed by atoms with E-state index in [9.17, 15) is 18.4 Å². The molecule has 0 aliphatic carbocycles. The second-order valence-electron chi connectivity index (χ2n) is 5.21. The Morgan fingerprint density at radius 3 is 2.64 bits per heavy atom. The van der Waals surface area contributed by atoms with Gasteiger partial charge in [0.05, 0.1) is 12.1 Å². The van der Waals surface area contributed by atoms with Crippen molar-refractivity contribution < 1.29 is 23.1 Å². The molecule has 0 saturated carbocycles. The summed E-state index contributed by atoms with van der Waals surface area (Å²) in [6.45, 7) is 2.18. The minimum Gasteiger partial charge on any atom is -0.495 e. The lowest BCUT2D eigenvalue weighted by atomic mass is 10.1. The highest BCUT2D eigenvalue weighted by molar-refractivity contribution is 6.32. The Hall–Kier alpha value is -2.35. The SMILES string of the molecule is CCNC(=O)c1[nH]c2cc(Cl)c(OC)cc2c1CCNC(=O)C(F)F. The number of carbonyl (C=O) groups is 2. The number of H-pyrrole nitrogens is 1. The molecule has 0 atom stereocenters. The molecule has 136 valence electrons. The van der Waals surface area contributed by atoms with E-state index in [0.29, 0.717) is 39.5 Å². The van der Waals surface area contributed by atoms with Crippen molar-refractivity contribution in [2.24, 2.45) is 0 Å². The van der Waals surface area contributed by atoms with Crippen LogP contribution in [-0.2, 0) is 11.2 Å². The van der Waals surface area contributed by atoms with E-state index in [1.807, 2.05) is 0 Å². The van der Waals surface area contributed by atoms with E-state index in [1.165, 1.54) is 7.11 Å². The molecule has 1 heterocycles. The fourth-order valence-corrected chi connectivity index (χ4v) is 2.74. The molecule has 25 heavy (non-hydrogen) atoms. The maximum absolute atomic E-state index is 12.3. The van der Waals surface area contributed by atoms with Gasteiger partial charge in [-0.05, 0) is 31.0 Å². The van der Waals surface area contributed by atoms with Crippen molar-refractivity contribution in [1.29, 1.82) is 0 Å². The summed E-state index contributed by atoms with van der Waals surface area (Å²) in [4.78, 5) is 26.3. The van der Waals surface area contributed by atoms with Gasteiger partial charge in [-0.1, -0.05) is 11.6 Å². The van der Waals surface area contributed by atoms with Crippen molar-refractivity contribution in [3.8, 4) is 5.75 Å². The lowest BCUT2D eigenvalue weighted by Gasteiger charge is -2.08. The van der Waals surface area contributed by atoms with Gasteiger partial charge in [-0.25, -0.2) is 0 Å². The standard InChI is InChI=1S/C16H18ClF2N3O3/c1-3-20-15(23)13-8(4-5-21-16(24)14(18)19)9-6-12(25-2)10(17)7-11(9)22-13/h6-7,14,22H,3-5H2,1-2H3,(H,20,23)(H,21,24). The van der Waals surface area contributed by atoms with Crippen LogP contribution in [0.2, 0.25) is 5.02 Å². The number of hydrogen-bond acceptors (Lipinski definition) is 3. The summed E-state index contributed by atoms with van der Waals surface area (Å²) in [5.74, 6) is -1.25. The molecule has 3 N–H and O–H groups in total. The third kappa shape index (κ3) is 4.19. The zero-order valence-corrected chi connectivity index (χ0v) is 14.5. The van der Waals surface area contributed by atoms with Crippen LogP contribution in [-0.4, -0.2) is 43.4 Å². The van der Waals surface area contributed by atoms with E-state index in [1.54, 1.807) is 19.1 Å². The Kier molecular flexibility index (Phi) is 6.19. The fourth-order valence-electron chi connectivity index (χ4n) is 2.50. The third-order valence-corrected chi connectivity index (χ3v) is 3.91. The van der Waals surface area contributed by atoms with E-state index < -0.39 is 12.3 Å². The second-order valence-corrected chi connectivity index (χ2v) is 5.62. The molecule has 0 radical (unpaired) electrons. The van der Waals surface area contributed by atoms with Gasteiger partial charge in [0.2, 0.25) is 0 Å². The minimum atomic E-state index is -3.08. The first-order valence-electron chi connectivity index (χ1n) is 7.61. The number of halogens is 3. The quantitative estimate of drug-likeness (QED) is 0.697. The van der Waals surface area contributed by atoms with E-state index in [2.05, 4.69) is 15.6 Å². The number of aromatic amines is 1. The maximum atomic E-state index is 12.3. The molecule has 0 saturated heterocycles. The number of aromatic nitrogens is 1. The Bertz CT molecular complexity index is 793. The zero-order chi connectivity index (χ0) is 18.6. The average Bonchev–Trinajstić information content (AvgIpc) is 2.91. The summed E-state index contributed by atoms with van der Waals surface area (Å²) in [6, 6.07) is 3.29. The number of hydrogen-bond donors (Lipinski definition) is 3. The van der Waals surface area contributed by atoms with E-state index >= 15 is 0 Å². The highest BCUT2D eigenvalue weighted by Crippen LogP contribution is 2.33. The van der Waals surface area contributed by atoms with Crippen LogP contribution in [0.15, 0.2) is 12.1 Å².